The van der Waals surface area contributed by atoms with Gasteiger partial charge in [-0.25, -0.2) is 0 Å². The Bertz CT molecular complexity index is 476. The van der Waals surface area contributed by atoms with Crippen molar-refractivity contribution in [2.24, 2.45) is 5.92 Å². The van der Waals surface area contributed by atoms with E-state index in [-0.39, 0.29) is 24.0 Å². The molecule has 1 aromatic rings. The molecule has 2 rings (SSSR count). The van der Waals surface area contributed by atoms with E-state index in [0.29, 0.717) is 24.8 Å². The highest BCUT2D eigenvalue weighted by Gasteiger charge is 2.40. The van der Waals surface area contributed by atoms with Crippen LogP contribution in [0.4, 0.5) is 0 Å². The van der Waals surface area contributed by atoms with Gasteiger partial charge in [0.25, 0.3) is 0 Å². The molecule has 0 radical (unpaired) electrons. The van der Waals surface area contributed by atoms with Crippen LogP contribution >= 0.6 is 11.6 Å². The van der Waals surface area contributed by atoms with Gasteiger partial charge in [-0.15, -0.1) is 0 Å². The number of amides is 1. The minimum Gasteiger partial charge on any atom is -0.380 e. The number of carbonyl (C=O) groups excluding carboxylic acids is 1. The number of ether oxygens (including phenoxy) is 1. The van der Waals surface area contributed by atoms with Gasteiger partial charge >= 0.3 is 0 Å². The molecule has 0 saturated carbocycles. The van der Waals surface area contributed by atoms with Crippen LogP contribution in [-0.4, -0.2) is 36.6 Å². The van der Waals surface area contributed by atoms with Crippen molar-refractivity contribution in [2.45, 2.75) is 33.0 Å². The monoisotopic (exact) mass is 310 g/mol. The fourth-order valence-corrected chi connectivity index (χ4v) is 2.71. The number of nitrogens with one attached hydrogen (secondary N) is 1. The molecule has 1 saturated heterocycles. The van der Waals surface area contributed by atoms with Crippen molar-refractivity contribution >= 4 is 17.5 Å². The Hall–Kier alpha value is -1.10. The van der Waals surface area contributed by atoms with Gasteiger partial charge in [-0.05, 0) is 30.5 Å². The molecule has 1 aliphatic rings. The van der Waals surface area contributed by atoms with Gasteiger partial charge in [0.05, 0.1) is 12.6 Å². The fourth-order valence-electron chi connectivity index (χ4n) is 2.58. The fraction of sp³-hybridized carbons (Fsp3) is 0.562. The third-order valence-corrected chi connectivity index (χ3v) is 3.98. The molecule has 1 N–H and O–H groups in total. The highest BCUT2D eigenvalue weighted by molar-refractivity contribution is 6.30. The van der Waals surface area contributed by atoms with Gasteiger partial charge in [0.2, 0.25) is 5.91 Å². The normalized spacial score (nSPS) is 22.3. The van der Waals surface area contributed by atoms with E-state index >= 15 is 0 Å². The zero-order valence-electron chi connectivity index (χ0n) is 12.8. The van der Waals surface area contributed by atoms with Crippen molar-refractivity contribution in [2.75, 3.05) is 19.8 Å². The molecule has 1 aromatic carbocycles. The second kappa shape index (κ2) is 7.25. The van der Waals surface area contributed by atoms with E-state index in [1.165, 1.54) is 0 Å². The number of hydrogen-bond donors (Lipinski definition) is 1. The predicted molar refractivity (Wildman–Crippen MR) is 84.2 cm³/mol. The minimum atomic E-state index is -0.146. The maximum Gasteiger partial charge on any atom is 0.241 e. The summed E-state index contributed by atoms with van der Waals surface area (Å²) in [5.41, 5.74) is 1.05. The van der Waals surface area contributed by atoms with E-state index in [4.69, 9.17) is 16.3 Å². The quantitative estimate of drug-likeness (QED) is 0.822. The predicted octanol–water partition coefficient (Wildman–Crippen LogP) is 2.83. The molecular weight excluding hydrogens is 288 g/mol. The summed E-state index contributed by atoms with van der Waals surface area (Å²) in [6.45, 7) is 7.88. The highest BCUT2D eigenvalue weighted by atomic mass is 35.5. The zero-order valence-corrected chi connectivity index (χ0v) is 13.6. The summed E-state index contributed by atoms with van der Waals surface area (Å²) in [4.78, 5) is 14.4. The van der Waals surface area contributed by atoms with Crippen LogP contribution in [0.3, 0.4) is 0 Å². The summed E-state index contributed by atoms with van der Waals surface area (Å²) in [6.07, 6.45) is -0.109. The van der Waals surface area contributed by atoms with E-state index in [1.807, 2.05) is 36.1 Å². The molecule has 1 fully saturated rings. The summed E-state index contributed by atoms with van der Waals surface area (Å²) in [6, 6.07) is 7.49. The lowest BCUT2D eigenvalue weighted by Crippen LogP contribution is -2.35. The van der Waals surface area contributed by atoms with E-state index in [0.717, 1.165) is 5.56 Å². The number of carbonyl (C=O) groups is 1. The molecule has 21 heavy (non-hydrogen) atoms. The van der Waals surface area contributed by atoms with Crippen molar-refractivity contribution in [3.05, 3.63) is 34.9 Å². The Morgan fingerprint density at radius 3 is 2.57 bits per heavy atom. The first-order valence-electron chi connectivity index (χ1n) is 7.44. The SMILES string of the molecule is CCOCCN1C(=O)C(C(C)C)NC1c1ccc(Cl)cc1. The second-order valence-electron chi connectivity index (χ2n) is 5.57. The number of halogens is 1. The molecule has 2 unspecified atom stereocenters. The molecule has 4 nitrogen and oxygen atoms in total. The Balaban J connectivity index is 2.18. The summed E-state index contributed by atoms with van der Waals surface area (Å²) >= 11 is 5.94. The molecule has 5 heteroatoms. The lowest BCUT2D eigenvalue weighted by atomic mass is 10.1. The first-order chi connectivity index (χ1) is 10.0. The Kier molecular flexibility index (Phi) is 5.62. The minimum absolute atomic E-state index is 0.109. The summed E-state index contributed by atoms with van der Waals surface area (Å²) in [5.74, 6) is 0.397. The molecule has 0 bridgehead atoms. The topological polar surface area (TPSA) is 41.6 Å². The Labute approximate surface area is 131 Å². The van der Waals surface area contributed by atoms with Crippen LogP contribution in [-0.2, 0) is 9.53 Å². The van der Waals surface area contributed by atoms with E-state index < -0.39 is 0 Å². The summed E-state index contributed by atoms with van der Waals surface area (Å²) in [5, 5.41) is 4.13. The lowest BCUT2D eigenvalue weighted by Gasteiger charge is -2.24. The number of benzene rings is 1. The highest BCUT2D eigenvalue weighted by Crippen LogP contribution is 2.28. The molecule has 0 aliphatic carbocycles. The van der Waals surface area contributed by atoms with Crippen LogP contribution in [0.1, 0.15) is 32.5 Å². The smallest absolute Gasteiger partial charge is 0.241 e. The molecule has 1 amide bonds. The maximum absolute atomic E-state index is 12.6. The molecule has 1 aliphatic heterocycles. The largest absolute Gasteiger partial charge is 0.380 e. The van der Waals surface area contributed by atoms with Gasteiger partial charge in [0.1, 0.15) is 6.17 Å². The zero-order chi connectivity index (χ0) is 15.4. The van der Waals surface area contributed by atoms with Crippen molar-refractivity contribution in [1.29, 1.82) is 0 Å². The van der Waals surface area contributed by atoms with E-state index in [1.54, 1.807) is 0 Å². The number of hydrogen-bond acceptors (Lipinski definition) is 3. The Morgan fingerprint density at radius 1 is 1.33 bits per heavy atom. The van der Waals surface area contributed by atoms with Crippen LogP contribution in [0.5, 0.6) is 0 Å². The van der Waals surface area contributed by atoms with Gasteiger partial charge in [-0.3, -0.25) is 10.1 Å². The first-order valence-corrected chi connectivity index (χ1v) is 7.82. The van der Waals surface area contributed by atoms with Crippen LogP contribution in [0.2, 0.25) is 5.02 Å². The van der Waals surface area contributed by atoms with E-state index in [2.05, 4.69) is 19.2 Å². The van der Waals surface area contributed by atoms with Gasteiger partial charge in [-0.2, -0.15) is 0 Å². The van der Waals surface area contributed by atoms with E-state index in [9.17, 15) is 4.79 Å². The van der Waals surface area contributed by atoms with Crippen molar-refractivity contribution < 1.29 is 9.53 Å². The summed E-state index contributed by atoms with van der Waals surface area (Å²) in [7, 11) is 0. The van der Waals surface area contributed by atoms with Crippen molar-refractivity contribution in [3.63, 3.8) is 0 Å². The van der Waals surface area contributed by atoms with Gasteiger partial charge in [-0.1, -0.05) is 37.6 Å². The first kappa shape index (κ1) is 16.3. The van der Waals surface area contributed by atoms with Gasteiger partial charge in [0.15, 0.2) is 0 Å². The Morgan fingerprint density at radius 2 is 2.00 bits per heavy atom. The van der Waals surface area contributed by atoms with Crippen LogP contribution in [0.25, 0.3) is 0 Å². The number of rotatable bonds is 6. The average Bonchev–Trinajstić information content (AvgIpc) is 2.78. The van der Waals surface area contributed by atoms with Crippen molar-refractivity contribution in [1.82, 2.24) is 10.2 Å². The van der Waals surface area contributed by atoms with Gasteiger partial charge in [0, 0.05) is 18.2 Å². The average molecular weight is 311 g/mol. The lowest BCUT2D eigenvalue weighted by molar-refractivity contribution is -0.131. The third-order valence-electron chi connectivity index (χ3n) is 3.73. The second-order valence-corrected chi connectivity index (χ2v) is 6.01. The number of nitrogens with zero attached hydrogens (tertiary/aromatic N) is 1. The molecule has 2 atom stereocenters. The summed E-state index contributed by atoms with van der Waals surface area (Å²) < 4.78 is 5.40. The standard InChI is InChI=1S/C16H23ClN2O2/c1-4-21-10-9-19-15(12-5-7-13(17)8-6-12)18-14(11(2)3)16(19)20/h5-8,11,14-15,18H,4,9-10H2,1-3H3. The van der Waals surface area contributed by atoms with Crippen LogP contribution in [0, 0.1) is 5.92 Å². The van der Waals surface area contributed by atoms with Crippen molar-refractivity contribution in [3.8, 4) is 0 Å². The maximum atomic E-state index is 12.6. The third kappa shape index (κ3) is 3.76. The molecule has 116 valence electrons. The molecule has 1 heterocycles. The van der Waals surface area contributed by atoms with Crippen LogP contribution in [0.15, 0.2) is 24.3 Å². The molecule has 0 spiro atoms. The van der Waals surface area contributed by atoms with Crippen LogP contribution < -0.4 is 5.32 Å². The molecule has 0 aromatic heterocycles. The molecular formula is C16H23ClN2O2. The van der Waals surface area contributed by atoms with Gasteiger partial charge < -0.3 is 9.64 Å².